The van der Waals surface area contributed by atoms with Crippen molar-refractivity contribution in [2.75, 3.05) is 11.9 Å². The molecule has 1 aromatic rings. The molecule has 3 heterocycles. The normalized spacial score (nSPS) is 30.4. The summed E-state index contributed by atoms with van der Waals surface area (Å²) in [4.78, 5) is 20.3. The lowest BCUT2D eigenvalue weighted by Crippen LogP contribution is -2.44. The van der Waals surface area contributed by atoms with Crippen LogP contribution in [0.4, 0.5) is 5.82 Å². The number of nitrogens with zero attached hydrogens (tertiary/aromatic N) is 2. The van der Waals surface area contributed by atoms with Gasteiger partial charge in [-0.15, -0.1) is 0 Å². The Bertz CT molecular complexity index is 559. The van der Waals surface area contributed by atoms with Gasteiger partial charge in [-0.2, -0.15) is 4.98 Å². The van der Waals surface area contributed by atoms with Crippen molar-refractivity contribution in [3.63, 3.8) is 0 Å². The lowest BCUT2D eigenvalue weighted by atomic mass is 9.84. The number of rotatable bonds is 4. The second-order valence-corrected chi connectivity index (χ2v) is 6.57. The number of nitrogens with one attached hydrogen (secondary N) is 1. The summed E-state index contributed by atoms with van der Waals surface area (Å²) in [6.07, 6.45) is 3.42. The van der Waals surface area contributed by atoms with Crippen molar-refractivity contribution >= 4 is 46.0 Å². The minimum absolute atomic E-state index is 0.00828. The molecule has 4 atom stereocenters. The standard InChI is InChI=1S/C13H15ClIN3O3/c1-2-20-12(19)9-7-3-4-8(21-7)10(9)17-11-6(15)5-16-13(14)18-11/h5,7-10H,2-4H2,1H3,(H,16,17,18)/t7-,8+,9-,10-/m0/s1. The van der Waals surface area contributed by atoms with Crippen molar-refractivity contribution in [1.29, 1.82) is 0 Å². The van der Waals surface area contributed by atoms with E-state index in [-0.39, 0.29) is 35.4 Å². The van der Waals surface area contributed by atoms with Gasteiger partial charge in [0.05, 0.1) is 28.4 Å². The number of halogens is 2. The van der Waals surface area contributed by atoms with Crippen LogP contribution in [0.2, 0.25) is 5.28 Å². The van der Waals surface area contributed by atoms with Crippen LogP contribution in [0.3, 0.4) is 0 Å². The second kappa shape index (κ2) is 6.21. The molecule has 0 amide bonds. The molecule has 2 aliphatic heterocycles. The summed E-state index contributed by atoms with van der Waals surface area (Å²) >= 11 is 7.97. The summed E-state index contributed by atoms with van der Waals surface area (Å²) in [5, 5.41) is 3.48. The van der Waals surface area contributed by atoms with Crippen molar-refractivity contribution in [2.24, 2.45) is 5.92 Å². The molecule has 2 saturated heterocycles. The molecule has 6 nitrogen and oxygen atoms in total. The quantitative estimate of drug-likeness (QED) is 0.455. The van der Waals surface area contributed by atoms with Gasteiger partial charge in [0.2, 0.25) is 5.28 Å². The summed E-state index contributed by atoms with van der Waals surface area (Å²) in [6.45, 7) is 2.18. The van der Waals surface area contributed by atoms with Gasteiger partial charge in [0.15, 0.2) is 0 Å². The average Bonchev–Trinajstić information content (AvgIpc) is 3.04. The Kier molecular flexibility index (Phi) is 4.51. The van der Waals surface area contributed by atoms with Gasteiger partial charge in [-0.1, -0.05) is 0 Å². The van der Waals surface area contributed by atoms with Crippen LogP contribution >= 0.6 is 34.2 Å². The third-order valence-corrected chi connectivity index (χ3v) is 4.82. The highest BCUT2D eigenvalue weighted by atomic mass is 127. The Balaban J connectivity index is 1.82. The first-order chi connectivity index (χ1) is 10.1. The predicted molar refractivity (Wildman–Crippen MR) is 85.2 cm³/mol. The van der Waals surface area contributed by atoms with Crippen molar-refractivity contribution in [2.45, 2.75) is 38.0 Å². The van der Waals surface area contributed by atoms with E-state index in [1.54, 1.807) is 6.20 Å². The molecular formula is C13H15ClIN3O3. The Morgan fingerprint density at radius 2 is 2.33 bits per heavy atom. The lowest BCUT2D eigenvalue weighted by Gasteiger charge is -2.27. The van der Waals surface area contributed by atoms with Crippen LogP contribution in [0.1, 0.15) is 19.8 Å². The van der Waals surface area contributed by atoms with E-state index in [4.69, 9.17) is 21.1 Å². The van der Waals surface area contributed by atoms with Crippen LogP contribution in [0.5, 0.6) is 0 Å². The van der Waals surface area contributed by atoms with Gasteiger partial charge in [-0.05, 0) is 54.0 Å². The van der Waals surface area contributed by atoms with Crippen LogP contribution in [-0.2, 0) is 14.3 Å². The first-order valence-corrected chi connectivity index (χ1v) is 8.32. The number of anilines is 1. The monoisotopic (exact) mass is 423 g/mol. The molecule has 0 unspecified atom stereocenters. The Morgan fingerprint density at radius 3 is 3.10 bits per heavy atom. The number of carbonyl (C=O) groups is 1. The molecule has 0 aliphatic carbocycles. The molecule has 21 heavy (non-hydrogen) atoms. The first-order valence-electron chi connectivity index (χ1n) is 6.86. The van der Waals surface area contributed by atoms with Gasteiger partial charge in [0.25, 0.3) is 0 Å². The minimum atomic E-state index is -0.298. The molecule has 1 N–H and O–H groups in total. The Morgan fingerprint density at radius 1 is 1.57 bits per heavy atom. The van der Waals surface area contributed by atoms with E-state index in [0.29, 0.717) is 12.4 Å². The zero-order valence-electron chi connectivity index (χ0n) is 11.4. The summed E-state index contributed by atoms with van der Waals surface area (Å²) in [7, 11) is 0. The van der Waals surface area contributed by atoms with Gasteiger partial charge >= 0.3 is 5.97 Å². The van der Waals surface area contributed by atoms with Crippen LogP contribution in [0.15, 0.2) is 6.20 Å². The van der Waals surface area contributed by atoms with Crippen LogP contribution in [0, 0.1) is 9.49 Å². The molecule has 2 aliphatic rings. The number of hydrogen-bond acceptors (Lipinski definition) is 6. The topological polar surface area (TPSA) is 73.3 Å². The fourth-order valence-electron chi connectivity index (χ4n) is 3.00. The van der Waals surface area contributed by atoms with E-state index < -0.39 is 0 Å². The maximum atomic E-state index is 12.2. The van der Waals surface area contributed by atoms with Crippen molar-refractivity contribution < 1.29 is 14.3 Å². The van der Waals surface area contributed by atoms with Gasteiger partial charge in [-0.3, -0.25) is 4.79 Å². The first kappa shape index (κ1) is 15.2. The number of hydrogen-bond donors (Lipinski definition) is 1. The molecule has 3 rings (SSSR count). The SMILES string of the molecule is CCOC(=O)[C@@H]1[C@@H](Nc2nc(Cl)ncc2I)[C@H]2CC[C@@H]1O2. The number of fused-ring (bicyclic) bond motifs is 2. The Labute approximate surface area is 141 Å². The van der Waals surface area contributed by atoms with Crippen LogP contribution in [-0.4, -0.2) is 40.8 Å². The fourth-order valence-corrected chi connectivity index (χ4v) is 3.55. The molecule has 0 aromatic carbocycles. The third-order valence-electron chi connectivity index (χ3n) is 3.85. The predicted octanol–water partition coefficient (Wildman–Crippen LogP) is 2.26. The zero-order chi connectivity index (χ0) is 15.0. The van der Waals surface area contributed by atoms with E-state index >= 15 is 0 Å². The molecule has 0 spiro atoms. The molecule has 114 valence electrons. The number of esters is 1. The molecule has 0 radical (unpaired) electrons. The molecule has 2 fully saturated rings. The highest BCUT2D eigenvalue weighted by molar-refractivity contribution is 14.1. The number of aromatic nitrogens is 2. The molecule has 0 saturated carbocycles. The Hall–Kier alpha value is -0.670. The maximum absolute atomic E-state index is 12.2. The smallest absolute Gasteiger partial charge is 0.313 e. The summed E-state index contributed by atoms with van der Waals surface area (Å²) in [5.41, 5.74) is 0. The largest absolute Gasteiger partial charge is 0.466 e. The second-order valence-electron chi connectivity index (χ2n) is 5.07. The number of carbonyl (C=O) groups excluding carboxylic acids is 1. The average molecular weight is 424 g/mol. The van der Waals surface area contributed by atoms with Gasteiger partial charge < -0.3 is 14.8 Å². The van der Waals surface area contributed by atoms with Crippen molar-refractivity contribution in [3.8, 4) is 0 Å². The van der Waals surface area contributed by atoms with Crippen LogP contribution < -0.4 is 5.32 Å². The van der Waals surface area contributed by atoms with Crippen LogP contribution in [0.25, 0.3) is 0 Å². The van der Waals surface area contributed by atoms with E-state index in [1.807, 2.05) is 6.92 Å². The molecule has 1 aromatic heterocycles. The summed E-state index contributed by atoms with van der Waals surface area (Å²) < 4.78 is 11.9. The maximum Gasteiger partial charge on any atom is 0.313 e. The molecule has 2 bridgehead atoms. The summed E-state index contributed by atoms with van der Waals surface area (Å²) in [5.74, 6) is 0.122. The number of ether oxygens (including phenoxy) is 2. The van der Waals surface area contributed by atoms with Gasteiger partial charge in [0, 0.05) is 6.20 Å². The lowest BCUT2D eigenvalue weighted by molar-refractivity contribution is -0.149. The van der Waals surface area contributed by atoms with E-state index in [2.05, 4.69) is 37.9 Å². The molecular weight excluding hydrogens is 409 g/mol. The van der Waals surface area contributed by atoms with Crippen molar-refractivity contribution in [1.82, 2.24) is 9.97 Å². The van der Waals surface area contributed by atoms with E-state index in [9.17, 15) is 4.79 Å². The highest BCUT2D eigenvalue weighted by Gasteiger charge is 2.53. The third kappa shape index (κ3) is 2.95. The van der Waals surface area contributed by atoms with Gasteiger partial charge in [0.1, 0.15) is 11.7 Å². The minimum Gasteiger partial charge on any atom is -0.466 e. The van der Waals surface area contributed by atoms with Crippen molar-refractivity contribution in [3.05, 3.63) is 15.1 Å². The highest BCUT2D eigenvalue weighted by Crippen LogP contribution is 2.41. The summed E-state index contributed by atoms with van der Waals surface area (Å²) in [6, 6.07) is -0.137. The zero-order valence-corrected chi connectivity index (χ0v) is 14.3. The van der Waals surface area contributed by atoms with E-state index in [0.717, 1.165) is 16.4 Å². The fraction of sp³-hybridized carbons (Fsp3) is 0.615. The van der Waals surface area contributed by atoms with Gasteiger partial charge in [-0.25, -0.2) is 4.98 Å². The molecule has 8 heteroatoms. The van der Waals surface area contributed by atoms with E-state index in [1.165, 1.54) is 0 Å².